The van der Waals surface area contributed by atoms with Crippen LogP contribution in [0.15, 0.2) is 0 Å². The van der Waals surface area contributed by atoms with Crippen molar-refractivity contribution in [2.75, 3.05) is 6.61 Å². The van der Waals surface area contributed by atoms with Crippen molar-refractivity contribution in [3.63, 3.8) is 0 Å². The second-order valence-corrected chi connectivity index (χ2v) is 6.39. The lowest BCUT2D eigenvalue weighted by atomic mass is 9.97. The van der Waals surface area contributed by atoms with E-state index in [-0.39, 0.29) is 30.5 Å². The first-order valence-electron chi connectivity index (χ1n) is 7.57. The summed E-state index contributed by atoms with van der Waals surface area (Å²) >= 11 is 0. The van der Waals surface area contributed by atoms with E-state index in [0.29, 0.717) is 13.0 Å². The minimum atomic E-state index is -0.502. The van der Waals surface area contributed by atoms with Gasteiger partial charge in [-0.05, 0) is 33.1 Å². The Bertz CT molecular complexity index is 392. The fourth-order valence-corrected chi connectivity index (χ4v) is 3.39. The largest absolute Gasteiger partial charge is 0.372 e. The summed E-state index contributed by atoms with van der Waals surface area (Å²) in [5, 5.41) is 8.66. The molecule has 0 amide bonds. The number of ether oxygens (including phenoxy) is 4. The van der Waals surface area contributed by atoms with E-state index in [9.17, 15) is 0 Å². The molecule has 5 atom stereocenters. The Morgan fingerprint density at radius 1 is 1.10 bits per heavy atom. The SMILES string of the molecule is CC1(C)OC[C@H](C2C[C@@H]3OC(CCC#N)CC[C@@H]3O2)O1. The van der Waals surface area contributed by atoms with E-state index in [2.05, 4.69) is 6.07 Å². The van der Waals surface area contributed by atoms with Crippen LogP contribution in [0.4, 0.5) is 0 Å². The number of rotatable bonds is 3. The van der Waals surface area contributed by atoms with Gasteiger partial charge in [-0.15, -0.1) is 0 Å². The fourth-order valence-electron chi connectivity index (χ4n) is 3.39. The van der Waals surface area contributed by atoms with Crippen LogP contribution in [0, 0.1) is 11.3 Å². The zero-order valence-electron chi connectivity index (χ0n) is 12.2. The summed E-state index contributed by atoms with van der Waals surface area (Å²) < 4.78 is 23.7. The number of nitrogens with zero attached hydrogens (tertiary/aromatic N) is 1. The lowest BCUT2D eigenvalue weighted by Crippen LogP contribution is -2.35. The number of hydrogen-bond donors (Lipinski definition) is 0. The molecule has 5 heteroatoms. The van der Waals surface area contributed by atoms with Crippen LogP contribution in [0.2, 0.25) is 0 Å². The van der Waals surface area contributed by atoms with Crippen LogP contribution in [-0.2, 0) is 18.9 Å². The summed E-state index contributed by atoms with van der Waals surface area (Å²) in [5.41, 5.74) is 0. The molecule has 5 nitrogen and oxygen atoms in total. The summed E-state index contributed by atoms with van der Waals surface area (Å²) in [5.74, 6) is -0.502. The standard InChI is InChI=1S/C15H23NO4/c1-15(2)17-9-14(20-15)13-8-12-11(19-13)6-5-10(18-12)4-3-7-16/h10-14H,3-6,8-9H2,1-2H3/t10?,11-,12-,13?,14+/m0/s1. The Labute approximate surface area is 120 Å². The molecule has 0 spiro atoms. The number of nitriles is 1. The van der Waals surface area contributed by atoms with Gasteiger partial charge in [0.1, 0.15) is 6.10 Å². The van der Waals surface area contributed by atoms with Crippen LogP contribution >= 0.6 is 0 Å². The molecular weight excluding hydrogens is 258 g/mol. The van der Waals surface area contributed by atoms with Crippen LogP contribution < -0.4 is 0 Å². The van der Waals surface area contributed by atoms with Gasteiger partial charge in [0, 0.05) is 12.8 Å². The summed E-state index contributed by atoms with van der Waals surface area (Å²) in [6.07, 6.45) is 4.93. The molecule has 3 heterocycles. The van der Waals surface area contributed by atoms with Crippen LogP contribution in [0.5, 0.6) is 0 Å². The summed E-state index contributed by atoms with van der Waals surface area (Å²) in [6, 6.07) is 2.19. The van der Waals surface area contributed by atoms with Crippen LogP contribution in [0.3, 0.4) is 0 Å². The van der Waals surface area contributed by atoms with E-state index in [0.717, 1.165) is 25.7 Å². The van der Waals surface area contributed by atoms with Crippen LogP contribution in [0.25, 0.3) is 0 Å². The number of fused-ring (bicyclic) bond motifs is 1. The Kier molecular flexibility index (Phi) is 4.00. The van der Waals surface area contributed by atoms with Gasteiger partial charge in [0.2, 0.25) is 0 Å². The van der Waals surface area contributed by atoms with Gasteiger partial charge < -0.3 is 18.9 Å². The molecule has 20 heavy (non-hydrogen) atoms. The monoisotopic (exact) mass is 281 g/mol. The molecule has 0 aromatic heterocycles. The van der Waals surface area contributed by atoms with E-state index in [1.165, 1.54) is 0 Å². The molecule has 0 radical (unpaired) electrons. The molecule has 112 valence electrons. The maximum Gasteiger partial charge on any atom is 0.163 e. The average Bonchev–Trinajstić information content (AvgIpc) is 2.98. The first-order valence-corrected chi connectivity index (χ1v) is 7.57. The van der Waals surface area contributed by atoms with Crippen molar-refractivity contribution in [1.82, 2.24) is 0 Å². The second-order valence-electron chi connectivity index (χ2n) is 6.39. The lowest BCUT2D eigenvalue weighted by molar-refractivity contribution is -0.157. The first-order chi connectivity index (χ1) is 9.57. The molecule has 0 aliphatic carbocycles. The van der Waals surface area contributed by atoms with Crippen molar-refractivity contribution in [1.29, 1.82) is 5.26 Å². The predicted molar refractivity (Wildman–Crippen MR) is 70.9 cm³/mol. The molecule has 0 aromatic rings. The highest BCUT2D eigenvalue weighted by atomic mass is 16.8. The molecule has 3 rings (SSSR count). The number of hydrogen-bond acceptors (Lipinski definition) is 5. The molecule has 0 saturated carbocycles. The Balaban J connectivity index is 1.53. The van der Waals surface area contributed by atoms with Crippen molar-refractivity contribution >= 4 is 0 Å². The minimum absolute atomic E-state index is 0.0109. The maximum absolute atomic E-state index is 8.66. The second kappa shape index (κ2) is 5.61. The first kappa shape index (κ1) is 14.3. The third-order valence-corrected chi connectivity index (χ3v) is 4.39. The van der Waals surface area contributed by atoms with Gasteiger partial charge >= 0.3 is 0 Å². The topological polar surface area (TPSA) is 60.7 Å². The average molecular weight is 281 g/mol. The summed E-state index contributed by atoms with van der Waals surface area (Å²) in [6.45, 7) is 4.46. The fraction of sp³-hybridized carbons (Fsp3) is 0.933. The third kappa shape index (κ3) is 2.99. The third-order valence-electron chi connectivity index (χ3n) is 4.39. The summed E-state index contributed by atoms with van der Waals surface area (Å²) in [4.78, 5) is 0. The Morgan fingerprint density at radius 2 is 1.90 bits per heavy atom. The maximum atomic E-state index is 8.66. The summed E-state index contributed by atoms with van der Waals surface area (Å²) in [7, 11) is 0. The molecule has 3 fully saturated rings. The molecule has 0 N–H and O–H groups in total. The van der Waals surface area contributed by atoms with Gasteiger partial charge in [-0.2, -0.15) is 5.26 Å². The van der Waals surface area contributed by atoms with Crippen molar-refractivity contribution in [3.05, 3.63) is 0 Å². The molecular formula is C15H23NO4. The highest BCUT2D eigenvalue weighted by Gasteiger charge is 2.47. The molecule has 0 aromatic carbocycles. The molecule has 3 aliphatic rings. The van der Waals surface area contributed by atoms with E-state index >= 15 is 0 Å². The smallest absolute Gasteiger partial charge is 0.163 e. The Hall–Kier alpha value is -0.670. The van der Waals surface area contributed by atoms with Gasteiger partial charge in [-0.3, -0.25) is 0 Å². The minimum Gasteiger partial charge on any atom is -0.372 e. The normalized spacial score (nSPS) is 43.1. The molecule has 3 aliphatic heterocycles. The van der Waals surface area contributed by atoms with E-state index in [4.69, 9.17) is 24.2 Å². The van der Waals surface area contributed by atoms with Gasteiger partial charge in [0.15, 0.2) is 5.79 Å². The highest BCUT2D eigenvalue weighted by molar-refractivity contribution is 4.93. The lowest BCUT2D eigenvalue weighted by Gasteiger charge is -2.31. The van der Waals surface area contributed by atoms with Crippen molar-refractivity contribution in [3.8, 4) is 6.07 Å². The van der Waals surface area contributed by atoms with E-state index in [1.54, 1.807) is 0 Å². The van der Waals surface area contributed by atoms with Crippen molar-refractivity contribution in [2.45, 2.75) is 82.3 Å². The van der Waals surface area contributed by atoms with Gasteiger partial charge in [-0.25, -0.2) is 0 Å². The van der Waals surface area contributed by atoms with Gasteiger partial charge in [0.05, 0.1) is 37.1 Å². The van der Waals surface area contributed by atoms with E-state index in [1.807, 2.05) is 13.8 Å². The van der Waals surface area contributed by atoms with Gasteiger partial charge in [0.25, 0.3) is 0 Å². The Morgan fingerprint density at radius 3 is 2.60 bits per heavy atom. The molecule has 2 unspecified atom stereocenters. The van der Waals surface area contributed by atoms with Crippen LogP contribution in [-0.4, -0.2) is 42.9 Å². The quantitative estimate of drug-likeness (QED) is 0.793. The zero-order chi connectivity index (χ0) is 14.2. The molecule has 0 bridgehead atoms. The predicted octanol–water partition coefficient (Wildman–Crippen LogP) is 2.15. The highest BCUT2D eigenvalue weighted by Crippen LogP contribution is 2.37. The molecule has 3 saturated heterocycles. The van der Waals surface area contributed by atoms with Crippen molar-refractivity contribution in [2.24, 2.45) is 0 Å². The van der Waals surface area contributed by atoms with Gasteiger partial charge in [-0.1, -0.05) is 0 Å². The zero-order valence-corrected chi connectivity index (χ0v) is 12.2. The van der Waals surface area contributed by atoms with Crippen LogP contribution in [0.1, 0.15) is 46.0 Å². The van der Waals surface area contributed by atoms with E-state index < -0.39 is 5.79 Å². The van der Waals surface area contributed by atoms with Crippen molar-refractivity contribution < 1.29 is 18.9 Å².